The van der Waals surface area contributed by atoms with Gasteiger partial charge in [-0.25, -0.2) is 0 Å². The molecule has 1 heterocycles. The number of aromatic nitrogens is 2. The van der Waals surface area contributed by atoms with Crippen molar-refractivity contribution < 1.29 is 4.74 Å². The third-order valence-electron chi connectivity index (χ3n) is 2.06. The molecule has 84 valence electrons. The molecule has 4 nitrogen and oxygen atoms in total. The molecule has 0 aliphatic heterocycles. The Morgan fingerprint density at radius 1 is 1.31 bits per heavy atom. The molecule has 0 spiro atoms. The minimum absolute atomic E-state index is 0.648. The number of hydrogen-bond acceptors (Lipinski definition) is 5. The molecule has 0 bridgehead atoms. The maximum Gasteiger partial charge on any atom is 0.205 e. The summed E-state index contributed by atoms with van der Waals surface area (Å²) in [6.45, 7) is 2.62. The van der Waals surface area contributed by atoms with Crippen LogP contribution in [-0.2, 0) is 0 Å². The second-order valence-corrected chi connectivity index (χ2v) is 4.07. The monoisotopic (exact) mass is 235 g/mol. The summed E-state index contributed by atoms with van der Waals surface area (Å²) >= 11 is 1.51. The van der Waals surface area contributed by atoms with Crippen molar-refractivity contribution in [3.63, 3.8) is 0 Å². The number of nitrogens with one attached hydrogen (secondary N) is 1. The number of nitrogens with zero attached hydrogens (tertiary/aromatic N) is 2. The SMILES string of the molecule is CCOc1ccccc1-c1nnc(NC)s1. The van der Waals surface area contributed by atoms with Gasteiger partial charge < -0.3 is 10.1 Å². The van der Waals surface area contributed by atoms with Crippen molar-refractivity contribution in [1.82, 2.24) is 10.2 Å². The van der Waals surface area contributed by atoms with Crippen LogP contribution >= 0.6 is 11.3 Å². The lowest BCUT2D eigenvalue weighted by Crippen LogP contribution is -1.93. The lowest BCUT2D eigenvalue weighted by molar-refractivity contribution is 0.341. The van der Waals surface area contributed by atoms with Crippen LogP contribution in [0.15, 0.2) is 24.3 Å². The van der Waals surface area contributed by atoms with Gasteiger partial charge in [-0.15, -0.1) is 10.2 Å². The second kappa shape index (κ2) is 4.94. The molecule has 0 fully saturated rings. The third kappa shape index (κ3) is 2.14. The lowest BCUT2D eigenvalue weighted by Gasteiger charge is -2.06. The normalized spacial score (nSPS) is 10.1. The Labute approximate surface area is 98.3 Å². The number of anilines is 1. The van der Waals surface area contributed by atoms with E-state index in [9.17, 15) is 0 Å². The van der Waals surface area contributed by atoms with E-state index in [0.29, 0.717) is 6.61 Å². The molecule has 0 saturated heterocycles. The Morgan fingerprint density at radius 3 is 2.81 bits per heavy atom. The molecule has 16 heavy (non-hydrogen) atoms. The first-order chi connectivity index (χ1) is 7.85. The van der Waals surface area contributed by atoms with E-state index in [0.717, 1.165) is 21.5 Å². The summed E-state index contributed by atoms with van der Waals surface area (Å²) in [5.74, 6) is 0.851. The van der Waals surface area contributed by atoms with Gasteiger partial charge >= 0.3 is 0 Å². The van der Waals surface area contributed by atoms with E-state index in [4.69, 9.17) is 4.74 Å². The molecular weight excluding hydrogens is 222 g/mol. The van der Waals surface area contributed by atoms with Gasteiger partial charge in [-0.1, -0.05) is 23.5 Å². The van der Waals surface area contributed by atoms with Crippen molar-refractivity contribution >= 4 is 16.5 Å². The van der Waals surface area contributed by atoms with Crippen LogP contribution in [0.3, 0.4) is 0 Å². The zero-order chi connectivity index (χ0) is 11.4. The largest absolute Gasteiger partial charge is 0.493 e. The summed E-state index contributed by atoms with van der Waals surface area (Å²) in [4.78, 5) is 0. The molecule has 0 radical (unpaired) electrons. The molecule has 0 aliphatic rings. The van der Waals surface area contributed by atoms with E-state index >= 15 is 0 Å². The average molecular weight is 235 g/mol. The Kier molecular flexibility index (Phi) is 3.36. The van der Waals surface area contributed by atoms with Crippen LogP contribution in [0.4, 0.5) is 5.13 Å². The van der Waals surface area contributed by atoms with Crippen molar-refractivity contribution in [2.75, 3.05) is 19.0 Å². The Morgan fingerprint density at radius 2 is 2.12 bits per heavy atom. The molecule has 0 aliphatic carbocycles. The molecule has 0 atom stereocenters. The van der Waals surface area contributed by atoms with Crippen molar-refractivity contribution in [3.05, 3.63) is 24.3 Å². The maximum absolute atomic E-state index is 5.55. The fourth-order valence-corrected chi connectivity index (χ4v) is 2.08. The summed E-state index contributed by atoms with van der Waals surface area (Å²) in [5, 5.41) is 12.8. The van der Waals surface area contributed by atoms with Crippen molar-refractivity contribution in [1.29, 1.82) is 0 Å². The number of hydrogen-bond donors (Lipinski definition) is 1. The zero-order valence-electron chi connectivity index (χ0n) is 9.23. The van der Waals surface area contributed by atoms with E-state index in [-0.39, 0.29) is 0 Å². The molecule has 0 amide bonds. The summed E-state index contributed by atoms with van der Waals surface area (Å²) in [7, 11) is 1.83. The summed E-state index contributed by atoms with van der Waals surface area (Å²) in [5.41, 5.74) is 0.989. The van der Waals surface area contributed by atoms with Gasteiger partial charge in [-0.3, -0.25) is 0 Å². The fraction of sp³-hybridized carbons (Fsp3) is 0.273. The lowest BCUT2D eigenvalue weighted by atomic mass is 10.2. The maximum atomic E-state index is 5.55. The van der Waals surface area contributed by atoms with Gasteiger partial charge in [-0.05, 0) is 19.1 Å². The molecule has 2 aromatic rings. The smallest absolute Gasteiger partial charge is 0.205 e. The minimum Gasteiger partial charge on any atom is -0.493 e. The summed E-state index contributed by atoms with van der Waals surface area (Å²) in [6, 6.07) is 7.86. The second-order valence-electron chi connectivity index (χ2n) is 3.09. The van der Waals surface area contributed by atoms with Crippen LogP contribution in [0, 0.1) is 0 Å². The van der Waals surface area contributed by atoms with Gasteiger partial charge in [-0.2, -0.15) is 0 Å². The number of benzene rings is 1. The molecule has 1 N–H and O–H groups in total. The topological polar surface area (TPSA) is 47.0 Å². The van der Waals surface area contributed by atoms with E-state index < -0.39 is 0 Å². The van der Waals surface area contributed by atoms with Gasteiger partial charge in [0.1, 0.15) is 5.75 Å². The number of rotatable bonds is 4. The van der Waals surface area contributed by atoms with Crippen LogP contribution < -0.4 is 10.1 Å². The molecule has 0 unspecified atom stereocenters. The Balaban J connectivity index is 2.38. The highest BCUT2D eigenvalue weighted by atomic mass is 32.1. The quantitative estimate of drug-likeness (QED) is 0.885. The predicted molar refractivity (Wildman–Crippen MR) is 66.1 cm³/mol. The minimum atomic E-state index is 0.648. The van der Waals surface area contributed by atoms with Crippen LogP contribution in [0.2, 0.25) is 0 Å². The fourth-order valence-electron chi connectivity index (χ4n) is 1.36. The van der Waals surface area contributed by atoms with Crippen molar-refractivity contribution in [2.45, 2.75) is 6.92 Å². The molecule has 0 saturated carbocycles. The standard InChI is InChI=1S/C11H13N3OS/c1-3-15-9-7-5-4-6-8(9)10-13-14-11(12-2)16-10/h4-7H,3H2,1-2H3,(H,12,14). The first kappa shape index (κ1) is 10.9. The molecule has 1 aromatic heterocycles. The number of ether oxygens (including phenoxy) is 1. The average Bonchev–Trinajstić information content (AvgIpc) is 2.79. The molecule has 5 heteroatoms. The Hall–Kier alpha value is -1.62. The van der Waals surface area contributed by atoms with Gasteiger partial charge in [0.15, 0.2) is 5.01 Å². The third-order valence-corrected chi connectivity index (χ3v) is 3.03. The summed E-state index contributed by atoms with van der Waals surface area (Å²) in [6.07, 6.45) is 0. The van der Waals surface area contributed by atoms with Gasteiger partial charge in [0, 0.05) is 7.05 Å². The molecule has 2 rings (SSSR count). The molecular formula is C11H13N3OS. The number of para-hydroxylation sites is 1. The van der Waals surface area contributed by atoms with Crippen LogP contribution in [-0.4, -0.2) is 23.9 Å². The highest BCUT2D eigenvalue weighted by Gasteiger charge is 2.10. The van der Waals surface area contributed by atoms with Crippen LogP contribution in [0.5, 0.6) is 5.75 Å². The van der Waals surface area contributed by atoms with E-state index in [2.05, 4.69) is 15.5 Å². The van der Waals surface area contributed by atoms with Gasteiger partial charge in [0.25, 0.3) is 0 Å². The highest BCUT2D eigenvalue weighted by molar-refractivity contribution is 7.18. The summed E-state index contributed by atoms with van der Waals surface area (Å²) < 4.78 is 5.55. The Bertz CT molecular complexity index is 470. The molecule has 1 aromatic carbocycles. The van der Waals surface area contributed by atoms with E-state index in [1.54, 1.807) is 0 Å². The van der Waals surface area contributed by atoms with Crippen LogP contribution in [0.1, 0.15) is 6.92 Å². The zero-order valence-corrected chi connectivity index (χ0v) is 10.0. The van der Waals surface area contributed by atoms with Crippen molar-refractivity contribution in [2.24, 2.45) is 0 Å². The predicted octanol–water partition coefficient (Wildman–Crippen LogP) is 2.65. The highest BCUT2D eigenvalue weighted by Crippen LogP contribution is 2.33. The first-order valence-corrected chi connectivity index (χ1v) is 5.90. The van der Waals surface area contributed by atoms with Gasteiger partial charge in [0.2, 0.25) is 5.13 Å². The van der Waals surface area contributed by atoms with Crippen LogP contribution in [0.25, 0.3) is 10.6 Å². The first-order valence-electron chi connectivity index (χ1n) is 5.08. The van der Waals surface area contributed by atoms with E-state index in [1.165, 1.54) is 11.3 Å². The van der Waals surface area contributed by atoms with E-state index in [1.807, 2.05) is 38.2 Å². The van der Waals surface area contributed by atoms with Gasteiger partial charge in [0.05, 0.1) is 12.2 Å². The van der Waals surface area contributed by atoms with Crippen molar-refractivity contribution in [3.8, 4) is 16.3 Å².